The summed E-state index contributed by atoms with van der Waals surface area (Å²) in [5.74, 6) is 0.901. The number of carbonyl (C=O) groups is 1. The summed E-state index contributed by atoms with van der Waals surface area (Å²) in [6, 6.07) is 14.1. The molecule has 4 nitrogen and oxygen atoms in total. The van der Waals surface area contributed by atoms with Crippen molar-refractivity contribution in [2.24, 2.45) is 0 Å². The number of carbonyl (C=O) groups excluding carboxylic acids is 1. The van der Waals surface area contributed by atoms with Crippen LogP contribution in [0, 0.1) is 13.8 Å². The molecular formula is C18H20ClNO3. The third-order valence-corrected chi connectivity index (χ3v) is 3.78. The second-order valence-electron chi connectivity index (χ2n) is 5.55. The lowest BCUT2D eigenvalue weighted by Crippen LogP contribution is -2.18. The number of rotatable bonds is 4. The van der Waals surface area contributed by atoms with Gasteiger partial charge in [0.05, 0.1) is 6.04 Å². The molecule has 3 rings (SSSR count). The van der Waals surface area contributed by atoms with E-state index in [1.54, 1.807) is 0 Å². The Morgan fingerprint density at radius 3 is 2.39 bits per heavy atom. The molecule has 0 aromatic heterocycles. The molecule has 2 aromatic rings. The van der Waals surface area contributed by atoms with Crippen LogP contribution in [-0.4, -0.2) is 12.7 Å². The molecule has 0 radical (unpaired) electrons. The van der Waals surface area contributed by atoms with Gasteiger partial charge in [-0.3, -0.25) is 0 Å². The zero-order valence-electron chi connectivity index (χ0n) is 13.2. The molecule has 23 heavy (non-hydrogen) atoms. The Morgan fingerprint density at radius 1 is 1.17 bits per heavy atom. The van der Waals surface area contributed by atoms with Crippen molar-refractivity contribution in [3.8, 4) is 5.75 Å². The summed E-state index contributed by atoms with van der Waals surface area (Å²) in [7, 11) is 0. The molecule has 5 heteroatoms. The van der Waals surface area contributed by atoms with Crippen LogP contribution in [0.4, 0.5) is 4.79 Å². The molecule has 1 fully saturated rings. The first kappa shape index (κ1) is 17.2. The fraction of sp³-hybridized carbons (Fsp3) is 0.278. The Balaban J connectivity index is 0.00000192. The standard InChI is InChI=1S/C18H19NO3.ClH/c1-12-8-15(16-11-22-18(20)19-16)9-13(2)17(12)21-10-14-6-4-3-5-7-14;/h3-9,16H,10-11H2,1-2H3,(H,19,20);1H/t16-;/m0./s1. The van der Waals surface area contributed by atoms with Crippen molar-refractivity contribution in [2.45, 2.75) is 26.5 Å². The molecule has 1 saturated heterocycles. The Labute approximate surface area is 142 Å². The zero-order valence-corrected chi connectivity index (χ0v) is 14.0. The fourth-order valence-electron chi connectivity index (χ4n) is 2.71. The lowest BCUT2D eigenvalue weighted by molar-refractivity contribution is 0.177. The molecule has 0 unspecified atom stereocenters. The largest absolute Gasteiger partial charge is 0.488 e. The van der Waals surface area contributed by atoms with Crippen LogP contribution in [0.3, 0.4) is 0 Å². The molecule has 1 aliphatic heterocycles. The number of hydrogen-bond acceptors (Lipinski definition) is 3. The number of benzene rings is 2. The molecule has 2 aromatic carbocycles. The van der Waals surface area contributed by atoms with Crippen molar-refractivity contribution in [2.75, 3.05) is 6.61 Å². The SMILES string of the molecule is Cc1cc([C@@H]2COC(=O)N2)cc(C)c1OCc1ccccc1.Cl. The van der Waals surface area contributed by atoms with Crippen molar-refractivity contribution >= 4 is 18.5 Å². The van der Waals surface area contributed by atoms with E-state index in [9.17, 15) is 4.79 Å². The van der Waals surface area contributed by atoms with E-state index in [4.69, 9.17) is 9.47 Å². The Morgan fingerprint density at radius 2 is 1.83 bits per heavy atom. The second kappa shape index (κ2) is 7.38. The van der Waals surface area contributed by atoms with Crippen LogP contribution in [-0.2, 0) is 11.3 Å². The molecule has 1 heterocycles. The van der Waals surface area contributed by atoms with Crippen LogP contribution < -0.4 is 10.1 Å². The number of aryl methyl sites for hydroxylation is 2. The number of ether oxygens (including phenoxy) is 2. The third kappa shape index (κ3) is 3.96. The summed E-state index contributed by atoms with van der Waals surface area (Å²) in [6.45, 7) is 4.97. The predicted octanol–water partition coefficient (Wildman–Crippen LogP) is 4.09. The monoisotopic (exact) mass is 333 g/mol. The summed E-state index contributed by atoms with van der Waals surface area (Å²) >= 11 is 0. The van der Waals surface area contributed by atoms with Gasteiger partial charge in [0.2, 0.25) is 0 Å². The topological polar surface area (TPSA) is 47.6 Å². The molecule has 122 valence electrons. The third-order valence-electron chi connectivity index (χ3n) is 3.78. The van der Waals surface area contributed by atoms with E-state index in [0.717, 1.165) is 28.0 Å². The van der Waals surface area contributed by atoms with Gasteiger partial charge in [0, 0.05) is 0 Å². The maximum absolute atomic E-state index is 11.2. The van der Waals surface area contributed by atoms with Gasteiger partial charge in [-0.05, 0) is 36.1 Å². The summed E-state index contributed by atoms with van der Waals surface area (Å²) in [5.41, 5.74) is 4.31. The average Bonchev–Trinajstić information content (AvgIpc) is 2.94. The van der Waals surface area contributed by atoms with Crippen LogP contribution in [0.15, 0.2) is 42.5 Å². The fourth-order valence-corrected chi connectivity index (χ4v) is 2.71. The molecule has 1 atom stereocenters. The van der Waals surface area contributed by atoms with E-state index in [1.165, 1.54) is 0 Å². The van der Waals surface area contributed by atoms with E-state index < -0.39 is 0 Å². The van der Waals surface area contributed by atoms with Crippen molar-refractivity contribution in [3.05, 3.63) is 64.7 Å². The first-order valence-corrected chi connectivity index (χ1v) is 7.34. The minimum atomic E-state index is -0.357. The Kier molecular flexibility index (Phi) is 5.50. The van der Waals surface area contributed by atoms with Gasteiger partial charge in [-0.2, -0.15) is 0 Å². The van der Waals surface area contributed by atoms with Gasteiger partial charge >= 0.3 is 6.09 Å². The summed E-state index contributed by atoms with van der Waals surface area (Å²) in [5, 5.41) is 2.80. The smallest absolute Gasteiger partial charge is 0.407 e. The van der Waals surface area contributed by atoms with Crippen LogP contribution in [0.1, 0.15) is 28.3 Å². The number of nitrogens with one attached hydrogen (secondary N) is 1. The summed E-state index contributed by atoms with van der Waals surface area (Å²) < 4.78 is 10.9. The minimum Gasteiger partial charge on any atom is -0.488 e. The number of halogens is 1. The van der Waals surface area contributed by atoms with Crippen LogP contribution in [0.2, 0.25) is 0 Å². The van der Waals surface area contributed by atoms with E-state index in [-0.39, 0.29) is 24.5 Å². The molecule has 0 aliphatic carbocycles. The lowest BCUT2D eigenvalue weighted by Gasteiger charge is -2.16. The first-order chi connectivity index (χ1) is 10.6. The van der Waals surface area contributed by atoms with Gasteiger partial charge in [-0.15, -0.1) is 12.4 Å². The van der Waals surface area contributed by atoms with E-state index >= 15 is 0 Å². The molecule has 0 spiro atoms. The van der Waals surface area contributed by atoms with Gasteiger partial charge in [-0.1, -0.05) is 42.5 Å². The highest BCUT2D eigenvalue weighted by Gasteiger charge is 2.24. The highest BCUT2D eigenvalue weighted by Crippen LogP contribution is 2.29. The molecule has 0 bridgehead atoms. The summed E-state index contributed by atoms with van der Waals surface area (Å²) in [4.78, 5) is 11.2. The average molecular weight is 334 g/mol. The summed E-state index contributed by atoms with van der Waals surface area (Å²) in [6.07, 6.45) is -0.357. The normalized spacial score (nSPS) is 16.3. The maximum atomic E-state index is 11.2. The minimum absolute atomic E-state index is 0. The molecule has 0 saturated carbocycles. The maximum Gasteiger partial charge on any atom is 0.407 e. The van der Waals surface area contributed by atoms with Crippen molar-refractivity contribution in [3.63, 3.8) is 0 Å². The van der Waals surface area contributed by atoms with Crippen LogP contribution >= 0.6 is 12.4 Å². The van der Waals surface area contributed by atoms with Crippen LogP contribution in [0.25, 0.3) is 0 Å². The van der Waals surface area contributed by atoms with Gasteiger partial charge in [0.15, 0.2) is 0 Å². The molecule has 1 amide bonds. The Hall–Kier alpha value is -2.20. The molecule has 1 aliphatic rings. The Bertz CT molecular complexity index is 665. The number of cyclic esters (lactones) is 1. The first-order valence-electron chi connectivity index (χ1n) is 7.34. The zero-order chi connectivity index (χ0) is 15.5. The van der Waals surface area contributed by atoms with Gasteiger partial charge < -0.3 is 14.8 Å². The molecular weight excluding hydrogens is 314 g/mol. The predicted molar refractivity (Wildman–Crippen MR) is 91.2 cm³/mol. The van der Waals surface area contributed by atoms with Gasteiger partial charge in [-0.25, -0.2) is 4.79 Å². The quantitative estimate of drug-likeness (QED) is 0.917. The van der Waals surface area contributed by atoms with E-state index in [0.29, 0.717) is 13.2 Å². The van der Waals surface area contributed by atoms with Crippen molar-refractivity contribution < 1.29 is 14.3 Å². The highest BCUT2D eigenvalue weighted by molar-refractivity contribution is 5.85. The number of hydrogen-bond donors (Lipinski definition) is 1. The van der Waals surface area contributed by atoms with Crippen molar-refractivity contribution in [1.29, 1.82) is 0 Å². The highest BCUT2D eigenvalue weighted by atomic mass is 35.5. The van der Waals surface area contributed by atoms with Crippen LogP contribution in [0.5, 0.6) is 5.75 Å². The number of amides is 1. The molecule has 1 N–H and O–H groups in total. The van der Waals surface area contributed by atoms with E-state index in [1.807, 2.05) is 56.3 Å². The van der Waals surface area contributed by atoms with Gasteiger partial charge in [0.1, 0.15) is 19.0 Å². The second-order valence-corrected chi connectivity index (χ2v) is 5.55. The van der Waals surface area contributed by atoms with Gasteiger partial charge in [0.25, 0.3) is 0 Å². The lowest BCUT2D eigenvalue weighted by atomic mass is 10.0. The number of alkyl carbamates (subject to hydrolysis) is 1. The van der Waals surface area contributed by atoms with Crippen molar-refractivity contribution in [1.82, 2.24) is 5.32 Å². The van der Waals surface area contributed by atoms with E-state index in [2.05, 4.69) is 5.32 Å².